The van der Waals surface area contributed by atoms with Gasteiger partial charge >= 0.3 is 0 Å². The highest BCUT2D eigenvalue weighted by atomic mass is 14.8. The topological polar surface area (TPSA) is 24.9 Å². The van der Waals surface area contributed by atoms with Gasteiger partial charge in [-0.15, -0.1) is 0 Å². The highest BCUT2D eigenvalue weighted by Crippen LogP contribution is 2.25. The predicted molar refractivity (Wildman–Crippen MR) is 76.7 cm³/mol. The van der Waals surface area contributed by atoms with Crippen molar-refractivity contribution in [2.75, 3.05) is 12.4 Å². The van der Waals surface area contributed by atoms with Gasteiger partial charge in [-0.05, 0) is 41.5 Å². The molecule has 0 unspecified atom stereocenters. The molecule has 0 saturated heterocycles. The molecule has 0 aliphatic carbocycles. The molecular weight excluding hydrogens is 220 g/mol. The van der Waals surface area contributed by atoms with E-state index in [4.69, 9.17) is 0 Å². The van der Waals surface area contributed by atoms with Gasteiger partial charge in [-0.25, -0.2) is 0 Å². The molecule has 1 N–H and O–H groups in total. The van der Waals surface area contributed by atoms with Crippen LogP contribution in [0, 0.1) is 0 Å². The summed E-state index contributed by atoms with van der Waals surface area (Å²) in [6, 6.07) is 18.8. The van der Waals surface area contributed by atoms with Crippen molar-refractivity contribution in [1.29, 1.82) is 0 Å². The Kier molecular flexibility index (Phi) is 2.69. The molecule has 3 aromatic rings. The lowest BCUT2D eigenvalue weighted by atomic mass is 10.0. The molecule has 0 aliphatic rings. The third-order valence-corrected chi connectivity index (χ3v) is 3.09. The third-order valence-electron chi connectivity index (χ3n) is 3.09. The second kappa shape index (κ2) is 4.49. The summed E-state index contributed by atoms with van der Waals surface area (Å²) in [5, 5.41) is 4.33. The number of hydrogen-bond acceptors (Lipinski definition) is 2. The minimum Gasteiger partial charge on any atom is -0.388 e. The van der Waals surface area contributed by atoms with Gasteiger partial charge in [0.25, 0.3) is 0 Å². The summed E-state index contributed by atoms with van der Waals surface area (Å²) in [6.07, 6.45) is 1.82. The Morgan fingerprint density at radius 2 is 1.78 bits per heavy atom. The van der Waals surface area contributed by atoms with E-state index in [1.807, 2.05) is 19.3 Å². The van der Waals surface area contributed by atoms with E-state index in [1.54, 1.807) is 0 Å². The number of nitrogens with zero attached hydrogens (tertiary/aromatic N) is 1. The third kappa shape index (κ3) is 1.93. The van der Waals surface area contributed by atoms with Gasteiger partial charge in [0, 0.05) is 24.3 Å². The van der Waals surface area contributed by atoms with E-state index >= 15 is 0 Å². The van der Waals surface area contributed by atoms with Crippen molar-refractivity contribution >= 4 is 16.6 Å². The highest BCUT2D eigenvalue weighted by molar-refractivity contribution is 5.84. The van der Waals surface area contributed by atoms with E-state index in [0.717, 1.165) is 11.2 Å². The van der Waals surface area contributed by atoms with E-state index in [-0.39, 0.29) is 0 Å². The summed E-state index contributed by atoms with van der Waals surface area (Å²) in [5.41, 5.74) is 4.59. The summed E-state index contributed by atoms with van der Waals surface area (Å²) in [7, 11) is 1.93. The molecular formula is C16H14N2. The molecule has 0 radical (unpaired) electrons. The van der Waals surface area contributed by atoms with E-state index in [0.29, 0.717) is 0 Å². The van der Waals surface area contributed by atoms with Crippen LogP contribution < -0.4 is 5.32 Å². The van der Waals surface area contributed by atoms with Gasteiger partial charge in [-0.1, -0.05) is 24.3 Å². The Bertz CT molecular complexity index is 689. The van der Waals surface area contributed by atoms with Gasteiger partial charge in [0.05, 0.1) is 5.52 Å². The van der Waals surface area contributed by atoms with Crippen LogP contribution in [0.1, 0.15) is 0 Å². The number of nitrogens with one attached hydrogen (secondary N) is 1. The minimum absolute atomic E-state index is 1.03. The fourth-order valence-corrected chi connectivity index (χ4v) is 2.11. The van der Waals surface area contributed by atoms with Crippen LogP contribution in [-0.2, 0) is 0 Å². The van der Waals surface area contributed by atoms with Crippen molar-refractivity contribution in [3.05, 3.63) is 60.8 Å². The monoisotopic (exact) mass is 234 g/mol. The lowest BCUT2D eigenvalue weighted by Gasteiger charge is -2.06. The summed E-state index contributed by atoms with van der Waals surface area (Å²) < 4.78 is 0. The van der Waals surface area contributed by atoms with Crippen LogP contribution in [-0.4, -0.2) is 12.0 Å². The molecule has 0 atom stereocenters. The first-order valence-electron chi connectivity index (χ1n) is 6.00. The first-order valence-corrected chi connectivity index (χ1v) is 6.00. The Morgan fingerprint density at radius 1 is 0.889 bits per heavy atom. The smallest absolute Gasteiger partial charge is 0.0702 e. The van der Waals surface area contributed by atoms with Crippen molar-refractivity contribution in [2.45, 2.75) is 0 Å². The first-order chi connectivity index (χ1) is 8.86. The Labute approximate surface area is 106 Å². The van der Waals surface area contributed by atoms with E-state index in [1.165, 1.54) is 16.5 Å². The van der Waals surface area contributed by atoms with Crippen molar-refractivity contribution in [3.8, 4) is 11.1 Å². The first kappa shape index (κ1) is 10.8. The summed E-state index contributed by atoms with van der Waals surface area (Å²) in [6.45, 7) is 0. The van der Waals surface area contributed by atoms with Gasteiger partial charge in [0.15, 0.2) is 0 Å². The van der Waals surface area contributed by atoms with Crippen LogP contribution in [0.3, 0.4) is 0 Å². The molecule has 2 nitrogen and oxygen atoms in total. The molecule has 1 heterocycles. The van der Waals surface area contributed by atoms with Gasteiger partial charge < -0.3 is 5.32 Å². The average molecular weight is 234 g/mol. The summed E-state index contributed by atoms with van der Waals surface area (Å²) in [4.78, 5) is 4.34. The zero-order chi connectivity index (χ0) is 12.4. The van der Waals surface area contributed by atoms with Crippen molar-refractivity contribution in [3.63, 3.8) is 0 Å². The summed E-state index contributed by atoms with van der Waals surface area (Å²) in [5.74, 6) is 0. The van der Waals surface area contributed by atoms with Crippen LogP contribution in [0.2, 0.25) is 0 Å². The highest BCUT2D eigenvalue weighted by Gasteiger charge is 2.00. The quantitative estimate of drug-likeness (QED) is 0.726. The van der Waals surface area contributed by atoms with Crippen LogP contribution in [0.4, 0.5) is 5.69 Å². The van der Waals surface area contributed by atoms with Crippen molar-refractivity contribution in [1.82, 2.24) is 4.98 Å². The van der Waals surface area contributed by atoms with Crippen LogP contribution in [0.25, 0.3) is 22.0 Å². The van der Waals surface area contributed by atoms with Crippen LogP contribution >= 0.6 is 0 Å². The lowest BCUT2D eigenvalue weighted by molar-refractivity contribution is 1.41. The number of anilines is 1. The number of pyridine rings is 1. The fraction of sp³-hybridized carbons (Fsp3) is 0.0625. The maximum Gasteiger partial charge on any atom is 0.0702 e. The number of fused-ring (bicyclic) bond motifs is 1. The molecule has 88 valence electrons. The molecule has 3 rings (SSSR count). The molecule has 2 aromatic carbocycles. The molecule has 0 fully saturated rings. The molecule has 0 bridgehead atoms. The van der Waals surface area contributed by atoms with E-state index in [2.05, 4.69) is 58.8 Å². The fourth-order valence-electron chi connectivity index (χ4n) is 2.11. The van der Waals surface area contributed by atoms with Crippen LogP contribution in [0.5, 0.6) is 0 Å². The van der Waals surface area contributed by atoms with Crippen LogP contribution in [0.15, 0.2) is 60.8 Å². The maximum atomic E-state index is 4.34. The number of hydrogen-bond donors (Lipinski definition) is 1. The molecule has 0 spiro atoms. The van der Waals surface area contributed by atoms with E-state index in [9.17, 15) is 0 Å². The lowest BCUT2D eigenvalue weighted by Crippen LogP contribution is -1.88. The summed E-state index contributed by atoms with van der Waals surface area (Å²) >= 11 is 0. The zero-order valence-corrected chi connectivity index (χ0v) is 10.2. The maximum absolute atomic E-state index is 4.34. The molecule has 0 saturated carbocycles. The van der Waals surface area contributed by atoms with Gasteiger partial charge in [0.1, 0.15) is 0 Å². The van der Waals surface area contributed by atoms with Crippen molar-refractivity contribution < 1.29 is 0 Å². The average Bonchev–Trinajstić information content (AvgIpc) is 2.47. The zero-order valence-electron chi connectivity index (χ0n) is 10.2. The molecule has 0 amide bonds. The van der Waals surface area contributed by atoms with Gasteiger partial charge in [-0.3, -0.25) is 4.98 Å². The normalized spacial score (nSPS) is 10.5. The molecule has 18 heavy (non-hydrogen) atoms. The van der Waals surface area contributed by atoms with Crippen molar-refractivity contribution in [2.24, 2.45) is 0 Å². The predicted octanol–water partition coefficient (Wildman–Crippen LogP) is 3.94. The Balaban J connectivity index is 2.13. The minimum atomic E-state index is 1.03. The van der Waals surface area contributed by atoms with E-state index < -0.39 is 0 Å². The number of aromatic nitrogens is 1. The SMILES string of the molecule is CNc1cccc(-c2ccc3ncccc3c2)c1. The Morgan fingerprint density at radius 3 is 2.67 bits per heavy atom. The van der Waals surface area contributed by atoms with Gasteiger partial charge in [0.2, 0.25) is 0 Å². The standard InChI is InChI=1S/C16H14N2/c1-17-15-6-2-4-12(11-15)13-7-8-16-14(10-13)5-3-9-18-16/h2-11,17H,1H3. The second-order valence-electron chi connectivity index (χ2n) is 4.24. The molecule has 2 heteroatoms. The second-order valence-corrected chi connectivity index (χ2v) is 4.24. The molecule has 1 aromatic heterocycles. The largest absolute Gasteiger partial charge is 0.388 e. The van der Waals surface area contributed by atoms with Gasteiger partial charge in [-0.2, -0.15) is 0 Å². The Hall–Kier alpha value is -2.35. The number of rotatable bonds is 2. The number of benzene rings is 2. The molecule has 0 aliphatic heterocycles.